The van der Waals surface area contributed by atoms with E-state index in [2.05, 4.69) is 4.98 Å². The van der Waals surface area contributed by atoms with Gasteiger partial charge in [0.25, 0.3) is 0 Å². The standard InChI is InChI=1S/C26H27N3O4/c1-32-21-9-7-20(8-10-21)29-17-19(16-24(29)30)26(31)28-14-11-22(12-15-28)33-23-6-2-4-18-5-3-13-27-25(18)23/h2-10,13,19,22H,11-12,14-17H2,1H3. The van der Waals surface area contributed by atoms with Crippen LogP contribution in [0.4, 0.5) is 5.69 Å². The second-order valence-corrected chi connectivity index (χ2v) is 8.58. The van der Waals surface area contributed by atoms with E-state index in [1.807, 2.05) is 59.5 Å². The van der Waals surface area contributed by atoms with Crippen LogP contribution in [-0.4, -0.2) is 54.5 Å². The van der Waals surface area contributed by atoms with Gasteiger partial charge in [-0.15, -0.1) is 0 Å². The molecule has 2 saturated heterocycles. The molecule has 0 N–H and O–H groups in total. The van der Waals surface area contributed by atoms with Gasteiger partial charge in [-0.25, -0.2) is 0 Å². The van der Waals surface area contributed by atoms with Crippen molar-refractivity contribution in [3.05, 3.63) is 60.8 Å². The summed E-state index contributed by atoms with van der Waals surface area (Å²) in [6.45, 7) is 1.69. The number of piperidine rings is 1. The van der Waals surface area contributed by atoms with Gasteiger partial charge in [0.2, 0.25) is 11.8 Å². The Balaban J connectivity index is 1.18. The average Bonchev–Trinajstić information content (AvgIpc) is 3.26. The summed E-state index contributed by atoms with van der Waals surface area (Å²) in [7, 11) is 1.61. The summed E-state index contributed by atoms with van der Waals surface area (Å²) in [5.41, 5.74) is 1.66. The summed E-state index contributed by atoms with van der Waals surface area (Å²) in [6.07, 6.45) is 3.59. The van der Waals surface area contributed by atoms with Gasteiger partial charge in [0.1, 0.15) is 23.1 Å². The molecule has 5 rings (SSSR count). The number of amides is 2. The first-order chi connectivity index (χ1) is 16.1. The van der Waals surface area contributed by atoms with Gasteiger partial charge in [-0.3, -0.25) is 14.6 Å². The minimum atomic E-state index is -0.306. The molecule has 0 saturated carbocycles. The number of likely N-dealkylation sites (tertiary alicyclic amines) is 1. The summed E-state index contributed by atoms with van der Waals surface area (Å²) in [5, 5.41) is 1.05. The molecule has 3 heterocycles. The molecule has 3 aromatic rings. The summed E-state index contributed by atoms with van der Waals surface area (Å²) in [4.78, 5) is 33.8. The molecule has 2 amide bonds. The van der Waals surface area contributed by atoms with Crippen LogP contribution < -0.4 is 14.4 Å². The van der Waals surface area contributed by atoms with E-state index in [-0.39, 0.29) is 30.3 Å². The number of nitrogens with zero attached hydrogens (tertiary/aromatic N) is 3. The van der Waals surface area contributed by atoms with Crippen molar-refractivity contribution in [2.75, 3.05) is 31.6 Å². The van der Waals surface area contributed by atoms with Crippen LogP contribution in [0.15, 0.2) is 60.8 Å². The number of hydrogen-bond acceptors (Lipinski definition) is 5. The maximum atomic E-state index is 13.1. The topological polar surface area (TPSA) is 72.0 Å². The third kappa shape index (κ3) is 4.35. The number of anilines is 1. The lowest BCUT2D eigenvalue weighted by atomic mass is 10.0. The van der Waals surface area contributed by atoms with Gasteiger partial charge < -0.3 is 19.3 Å². The summed E-state index contributed by atoms with van der Waals surface area (Å²) < 4.78 is 11.4. The van der Waals surface area contributed by atoms with E-state index in [1.165, 1.54) is 0 Å². The zero-order chi connectivity index (χ0) is 22.8. The van der Waals surface area contributed by atoms with Gasteiger partial charge in [0.15, 0.2) is 0 Å². The van der Waals surface area contributed by atoms with Crippen molar-refractivity contribution in [1.82, 2.24) is 9.88 Å². The lowest BCUT2D eigenvalue weighted by Gasteiger charge is -2.33. The number of pyridine rings is 1. The van der Waals surface area contributed by atoms with Crippen molar-refractivity contribution in [2.24, 2.45) is 5.92 Å². The fourth-order valence-electron chi connectivity index (χ4n) is 4.69. The van der Waals surface area contributed by atoms with Crippen molar-refractivity contribution in [3.63, 3.8) is 0 Å². The smallest absolute Gasteiger partial charge is 0.228 e. The first kappa shape index (κ1) is 21.2. The molecule has 1 aromatic heterocycles. The largest absolute Gasteiger partial charge is 0.497 e. The number of benzene rings is 2. The molecular formula is C26H27N3O4. The van der Waals surface area contributed by atoms with Crippen molar-refractivity contribution in [3.8, 4) is 11.5 Å². The van der Waals surface area contributed by atoms with Crippen molar-refractivity contribution < 1.29 is 19.1 Å². The van der Waals surface area contributed by atoms with Crippen LogP contribution in [0.1, 0.15) is 19.3 Å². The van der Waals surface area contributed by atoms with E-state index < -0.39 is 0 Å². The van der Waals surface area contributed by atoms with Gasteiger partial charge in [-0.1, -0.05) is 18.2 Å². The number of hydrogen-bond donors (Lipinski definition) is 0. The molecule has 7 nitrogen and oxygen atoms in total. The highest BCUT2D eigenvalue weighted by molar-refractivity contribution is 6.00. The van der Waals surface area contributed by atoms with E-state index in [0.717, 1.165) is 40.9 Å². The summed E-state index contributed by atoms with van der Waals surface area (Å²) in [6, 6.07) is 17.3. The summed E-state index contributed by atoms with van der Waals surface area (Å²) in [5.74, 6) is 1.26. The summed E-state index contributed by atoms with van der Waals surface area (Å²) >= 11 is 0. The van der Waals surface area contributed by atoms with E-state index in [4.69, 9.17) is 9.47 Å². The molecule has 2 aromatic carbocycles. The predicted molar refractivity (Wildman–Crippen MR) is 125 cm³/mol. The number of para-hydroxylation sites is 1. The minimum Gasteiger partial charge on any atom is -0.497 e. The monoisotopic (exact) mass is 445 g/mol. The minimum absolute atomic E-state index is 0.0137. The number of methoxy groups -OCH3 is 1. The molecule has 170 valence electrons. The molecule has 2 aliphatic heterocycles. The Kier molecular flexibility index (Phi) is 5.86. The molecule has 7 heteroatoms. The second-order valence-electron chi connectivity index (χ2n) is 8.58. The zero-order valence-electron chi connectivity index (χ0n) is 18.6. The first-order valence-corrected chi connectivity index (χ1v) is 11.4. The Hall–Kier alpha value is -3.61. The van der Waals surface area contributed by atoms with Crippen molar-refractivity contribution in [1.29, 1.82) is 0 Å². The number of rotatable bonds is 5. The molecule has 1 atom stereocenters. The average molecular weight is 446 g/mol. The molecule has 2 aliphatic rings. The van der Waals surface area contributed by atoms with Crippen LogP contribution in [0.25, 0.3) is 10.9 Å². The van der Waals surface area contributed by atoms with Gasteiger partial charge >= 0.3 is 0 Å². The SMILES string of the molecule is COc1ccc(N2CC(C(=O)N3CCC(Oc4cccc5cccnc45)CC3)CC2=O)cc1. The molecule has 0 spiro atoms. The highest BCUT2D eigenvalue weighted by atomic mass is 16.5. The fraction of sp³-hybridized carbons (Fsp3) is 0.346. The number of carbonyl (C=O) groups excluding carboxylic acids is 2. The van der Waals surface area contributed by atoms with Crippen LogP contribution in [-0.2, 0) is 9.59 Å². The number of carbonyl (C=O) groups is 2. The Morgan fingerprint density at radius 3 is 2.55 bits per heavy atom. The maximum absolute atomic E-state index is 13.1. The van der Waals surface area contributed by atoms with Crippen molar-refractivity contribution in [2.45, 2.75) is 25.4 Å². The second kappa shape index (κ2) is 9.10. The highest BCUT2D eigenvalue weighted by Gasteiger charge is 2.38. The van der Waals surface area contributed by atoms with Crippen LogP contribution in [0.5, 0.6) is 11.5 Å². The van der Waals surface area contributed by atoms with Crippen LogP contribution >= 0.6 is 0 Å². The van der Waals surface area contributed by atoms with Gasteiger partial charge in [-0.05, 0) is 36.4 Å². The number of aromatic nitrogens is 1. The molecule has 0 bridgehead atoms. The Morgan fingerprint density at radius 1 is 1.03 bits per heavy atom. The Morgan fingerprint density at radius 2 is 1.79 bits per heavy atom. The first-order valence-electron chi connectivity index (χ1n) is 11.4. The number of fused-ring (bicyclic) bond motifs is 1. The molecular weight excluding hydrogens is 418 g/mol. The van der Waals surface area contributed by atoms with E-state index >= 15 is 0 Å². The van der Waals surface area contributed by atoms with E-state index in [9.17, 15) is 9.59 Å². The molecule has 0 aliphatic carbocycles. The molecule has 0 radical (unpaired) electrons. The van der Waals surface area contributed by atoms with Gasteiger partial charge in [0, 0.05) is 56.2 Å². The normalized spacial score (nSPS) is 19.2. The predicted octanol–water partition coefficient (Wildman–Crippen LogP) is 3.67. The zero-order valence-corrected chi connectivity index (χ0v) is 18.6. The van der Waals surface area contributed by atoms with E-state index in [1.54, 1.807) is 18.2 Å². The van der Waals surface area contributed by atoms with Crippen LogP contribution in [0.2, 0.25) is 0 Å². The highest BCUT2D eigenvalue weighted by Crippen LogP contribution is 2.30. The molecule has 1 unspecified atom stereocenters. The Labute approximate surface area is 192 Å². The van der Waals surface area contributed by atoms with Crippen molar-refractivity contribution >= 4 is 28.4 Å². The lowest BCUT2D eigenvalue weighted by Crippen LogP contribution is -2.44. The third-order valence-electron chi connectivity index (χ3n) is 6.50. The lowest BCUT2D eigenvalue weighted by molar-refractivity contribution is -0.137. The van der Waals surface area contributed by atoms with Crippen LogP contribution in [0, 0.1) is 5.92 Å². The number of ether oxygens (including phenoxy) is 2. The van der Waals surface area contributed by atoms with E-state index in [0.29, 0.717) is 19.6 Å². The van der Waals surface area contributed by atoms with Crippen LogP contribution in [0.3, 0.4) is 0 Å². The quantitative estimate of drug-likeness (QED) is 0.599. The van der Waals surface area contributed by atoms with Gasteiger partial charge in [-0.2, -0.15) is 0 Å². The third-order valence-corrected chi connectivity index (χ3v) is 6.50. The maximum Gasteiger partial charge on any atom is 0.228 e. The molecule has 2 fully saturated rings. The molecule has 33 heavy (non-hydrogen) atoms. The Bertz CT molecular complexity index is 1150. The fourth-order valence-corrected chi connectivity index (χ4v) is 4.69. The van der Waals surface area contributed by atoms with Gasteiger partial charge in [0.05, 0.1) is 13.0 Å².